The summed E-state index contributed by atoms with van der Waals surface area (Å²) in [6.45, 7) is 0. The molecule has 0 bridgehead atoms. The summed E-state index contributed by atoms with van der Waals surface area (Å²) in [7, 11) is 0. The van der Waals surface area contributed by atoms with Crippen molar-refractivity contribution in [3.63, 3.8) is 0 Å². The van der Waals surface area contributed by atoms with Crippen LogP contribution in [0.5, 0.6) is 0 Å². The predicted octanol–water partition coefficient (Wildman–Crippen LogP) is 3.21. The van der Waals surface area contributed by atoms with Crippen LogP contribution in [0.2, 0.25) is 0 Å². The largest absolute Gasteiger partial charge is 0.289 e. The molecule has 0 fully saturated rings. The van der Waals surface area contributed by atoms with Crippen molar-refractivity contribution in [2.75, 3.05) is 0 Å². The second-order valence-electron chi connectivity index (χ2n) is 3.35. The summed E-state index contributed by atoms with van der Waals surface area (Å²) < 4.78 is 2.07. The van der Waals surface area contributed by atoms with Crippen LogP contribution in [0.3, 0.4) is 0 Å². The second-order valence-corrected chi connectivity index (χ2v) is 4.43. The maximum Gasteiger partial charge on any atom is 0.195 e. The van der Waals surface area contributed by atoms with E-state index < -0.39 is 0 Å². The molecule has 0 unspecified atom stereocenters. The number of fused-ring (bicyclic) bond motifs is 2. The van der Waals surface area contributed by atoms with Crippen LogP contribution in [-0.2, 0) is 0 Å². The molecule has 0 saturated heterocycles. The van der Waals surface area contributed by atoms with Gasteiger partial charge in [-0.2, -0.15) is 0 Å². The summed E-state index contributed by atoms with van der Waals surface area (Å²) in [5.74, 6) is 0. The first-order chi connectivity index (χ1) is 7.36. The zero-order valence-electron chi connectivity index (χ0n) is 7.86. The quantitative estimate of drug-likeness (QED) is 0.522. The van der Waals surface area contributed by atoms with Crippen LogP contribution in [-0.4, -0.2) is 0 Å². The lowest BCUT2D eigenvalue weighted by atomic mass is 10.2. The monoisotopic (exact) mass is 211 g/mol. The Kier molecular flexibility index (Phi) is 1.82. The normalized spacial score (nSPS) is 10.9. The van der Waals surface area contributed by atoms with Crippen LogP contribution in [0.1, 0.15) is 0 Å². The van der Waals surface area contributed by atoms with Crippen molar-refractivity contribution in [1.29, 1.82) is 0 Å². The summed E-state index contributed by atoms with van der Waals surface area (Å²) in [4.78, 5) is 12.1. The molecule has 0 spiro atoms. The third-order valence-electron chi connectivity index (χ3n) is 2.42. The van der Waals surface area contributed by atoms with Crippen LogP contribution in [0, 0.1) is 6.07 Å². The Morgan fingerprint density at radius 1 is 1.00 bits per heavy atom. The van der Waals surface area contributed by atoms with Gasteiger partial charge in [-0.25, -0.2) is 0 Å². The lowest BCUT2D eigenvalue weighted by Crippen LogP contribution is -1.99. The molecule has 0 amide bonds. The smallest absolute Gasteiger partial charge is 0.195 e. The third-order valence-corrected chi connectivity index (χ3v) is 3.57. The zero-order valence-corrected chi connectivity index (χ0v) is 8.67. The van der Waals surface area contributed by atoms with Gasteiger partial charge < -0.3 is 0 Å². The summed E-state index contributed by atoms with van der Waals surface area (Å²) in [5.41, 5.74) is 0.108. The average Bonchev–Trinajstić information content (AvgIpc) is 2.30. The molecule has 1 aromatic heterocycles. The third kappa shape index (κ3) is 1.26. The van der Waals surface area contributed by atoms with Gasteiger partial charge in [-0.1, -0.05) is 18.2 Å². The molecular weight excluding hydrogens is 204 g/mol. The van der Waals surface area contributed by atoms with E-state index >= 15 is 0 Å². The van der Waals surface area contributed by atoms with Gasteiger partial charge in [0.2, 0.25) is 0 Å². The van der Waals surface area contributed by atoms with Crippen LogP contribution < -0.4 is 5.43 Å². The van der Waals surface area contributed by atoms with E-state index in [1.807, 2.05) is 36.4 Å². The summed E-state index contributed by atoms with van der Waals surface area (Å²) >= 11 is 1.65. The highest BCUT2D eigenvalue weighted by molar-refractivity contribution is 7.24. The summed E-state index contributed by atoms with van der Waals surface area (Å²) in [6.07, 6.45) is 0. The molecule has 0 aliphatic carbocycles. The van der Waals surface area contributed by atoms with Gasteiger partial charge in [0.05, 0.1) is 0 Å². The summed E-state index contributed by atoms with van der Waals surface area (Å²) in [5, 5.41) is 1.57. The highest BCUT2D eigenvalue weighted by atomic mass is 32.1. The van der Waals surface area contributed by atoms with Gasteiger partial charge in [0.1, 0.15) is 0 Å². The maximum atomic E-state index is 12.1. The number of hydrogen-bond acceptors (Lipinski definition) is 2. The lowest BCUT2D eigenvalue weighted by molar-refractivity contribution is 1.74. The van der Waals surface area contributed by atoms with E-state index in [0.29, 0.717) is 0 Å². The molecule has 1 radical (unpaired) electrons. The van der Waals surface area contributed by atoms with Gasteiger partial charge in [-0.15, -0.1) is 11.3 Å². The minimum Gasteiger partial charge on any atom is -0.289 e. The molecule has 0 aliphatic rings. The lowest BCUT2D eigenvalue weighted by Gasteiger charge is -1.98. The van der Waals surface area contributed by atoms with Crippen molar-refractivity contribution >= 4 is 31.5 Å². The molecule has 3 rings (SSSR count). The molecule has 2 aromatic carbocycles. The minimum absolute atomic E-state index is 0.108. The number of rotatable bonds is 0. The first-order valence-corrected chi connectivity index (χ1v) is 5.49. The first kappa shape index (κ1) is 8.62. The van der Waals surface area contributed by atoms with E-state index in [2.05, 4.69) is 6.07 Å². The van der Waals surface area contributed by atoms with Crippen molar-refractivity contribution in [3.05, 3.63) is 58.8 Å². The average molecular weight is 211 g/mol. The zero-order chi connectivity index (χ0) is 10.3. The highest BCUT2D eigenvalue weighted by Crippen LogP contribution is 2.23. The fourth-order valence-corrected chi connectivity index (χ4v) is 2.74. The van der Waals surface area contributed by atoms with Crippen LogP contribution >= 0.6 is 11.3 Å². The maximum absolute atomic E-state index is 12.1. The molecular formula is C13H7OS. The first-order valence-electron chi connectivity index (χ1n) is 4.68. The van der Waals surface area contributed by atoms with Crippen molar-refractivity contribution < 1.29 is 0 Å². The van der Waals surface area contributed by atoms with Crippen LogP contribution in [0.15, 0.2) is 47.3 Å². The molecule has 1 heterocycles. The van der Waals surface area contributed by atoms with Gasteiger partial charge in [0.15, 0.2) is 5.43 Å². The second kappa shape index (κ2) is 3.17. The highest BCUT2D eigenvalue weighted by Gasteiger charge is 2.03. The molecule has 0 N–H and O–H groups in total. The van der Waals surface area contributed by atoms with E-state index in [1.54, 1.807) is 17.4 Å². The van der Waals surface area contributed by atoms with Crippen LogP contribution in [0.4, 0.5) is 0 Å². The van der Waals surface area contributed by atoms with E-state index in [1.165, 1.54) is 0 Å². The topological polar surface area (TPSA) is 17.1 Å². The van der Waals surface area contributed by atoms with Gasteiger partial charge in [-0.05, 0) is 30.3 Å². The van der Waals surface area contributed by atoms with E-state index in [9.17, 15) is 4.79 Å². The van der Waals surface area contributed by atoms with Gasteiger partial charge >= 0.3 is 0 Å². The van der Waals surface area contributed by atoms with Gasteiger partial charge in [0, 0.05) is 20.2 Å². The fraction of sp³-hybridized carbons (Fsp3) is 0. The standard InChI is InChI=1S/C13H7OS/c14-13-9-5-1-3-7-11(9)15-12-8-4-2-6-10(12)13/h1,3-8H. The van der Waals surface area contributed by atoms with Crippen molar-refractivity contribution in [1.82, 2.24) is 0 Å². The molecule has 1 nitrogen and oxygen atoms in total. The molecule has 0 aliphatic heterocycles. The number of hydrogen-bond donors (Lipinski definition) is 0. The molecule has 0 atom stereocenters. The molecule has 2 heteroatoms. The molecule has 71 valence electrons. The Bertz CT molecular complexity index is 640. The van der Waals surface area contributed by atoms with Gasteiger partial charge in [0.25, 0.3) is 0 Å². The van der Waals surface area contributed by atoms with Crippen molar-refractivity contribution in [2.24, 2.45) is 0 Å². The Balaban J connectivity index is 2.66. The van der Waals surface area contributed by atoms with E-state index in [0.717, 1.165) is 20.2 Å². The SMILES string of the molecule is O=c1c2c[c]ccc2sc2ccccc12. The van der Waals surface area contributed by atoms with E-state index in [4.69, 9.17) is 0 Å². The molecule has 0 saturated carbocycles. The Morgan fingerprint density at radius 2 is 1.80 bits per heavy atom. The van der Waals surface area contributed by atoms with Crippen LogP contribution in [0.25, 0.3) is 20.2 Å². The number of benzene rings is 2. The van der Waals surface area contributed by atoms with Gasteiger partial charge in [-0.3, -0.25) is 4.79 Å². The Morgan fingerprint density at radius 3 is 2.73 bits per heavy atom. The fourth-order valence-electron chi connectivity index (χ4n) is 1.69. The van der Waals surface area contributed by atoms with Crippen molar-refractivity contribution in [2.45, 2.75) is 0 Å². The van der Waals surface area contributed by atoms with Crippen molar-refractivity contribution in [3.8, 4) is 0 Å². The predicted molar refractivity (Wildman–Crippen MR) is 64.4 cm³/mol. The summed E-state index contributed by atoms with van der Waals surface area (Å²) in [6, 6.07) is 16.2. The Labute approximate surface area is 90.6 Å². The Hall–Kier alpha value is -1.67. The molecule has 3 aromatic rings. The van der Waals surface area contributed by atoms with E-state index in [-0.39, 0.29) is 5.43 Å². The molecule has 15 heavy (non-hydrogen) atoms. The minimum atomic E-state index is 0.108.